The minimum absolute atomic E-state index is 0.325. The zero-order valence-electron chi connectivity index (χ0n) is 10.3. The summed E-state index contributed by atoms with van der Waals surface area (Å²) in [5, 5.41) is 12.1. The number of nitrogens with one attached hydrogen (secondary N) is 2. The third-order valence-corrected chi connectivity index (χ3v) is 2.29. The van der Waals surface area contributed by atoms with E-state index in [-0.39, 0.29) is 5.91 Å². The summed E-state index contributed by atoms with van der Waals surface area (Å²) in [5.74, 6) is -1.16. The van der Waals surface area contributed by atoms with Gasteiger partial charge in [0.25, 0.3) is 11.9 Å². The summed E-state index contributed by atoms with van der Waals surface area (Å²) in [6.07, 6.45) is 0. The molecule has 1 aliphatic rings. The number of imide groups is 1. The molecule has 1 aromatic carbocycles. The van der Waals surface area contributed by atoms with Gasteiger partial charge in [-0.2, -0.15) is 0 Å². The molecule has 7 nitrogen and oxygen atoms in total. The average molecular weight is 265 g/mol. The molecule has 0 spiro atoms. The van der Waals surface area contributed by atoms with E-state index in [1.54, 1.807) is 6.07 Å². The molecule has 1 fully saturated rings. The molecule has 0 bridgehead atoms. The average Bonchev–Trinajstić information content (AvgIpc) is 2.68. The highest BCUT2D eigenvalue weighted by Gasteiger charge is 2.30. The van der Waals surface area contributed by atoms with Gasteiger partial charge in [0.1, 0.15) is 6.04 Å². The number of hydrogen-bond acceptors (Lipinski definition) is 4. The molecule has 7 heteroatoms. The molecule has 1 aliphatic heterocycles. The fourth-order valence-corrected chi connectivity index (χ4v) is 1.55. The molecule has 2 rings (SSSR count). The number of nitrogens with two attached hydrogens (primary N) is 1. The molecule has 1 saturated heterocycles. The second kappa shape index (κ2) is 6.50. The Morgan fingerprint density at radius 2 is 2.05 bits per heavy atom. The van der Waals surface area contributed by atoms with Crippen molar-refractivity contribution >= 4 is 17.9 Å². The van der Waals surface area contributed by atoms with Crippen molar-refractivity contribution in [3.8, 4) is 0 Å². The number of aliphatic carboxylic acids is 1. The molecule has 0 aromatic heterocycles. The Labute approximate surface area is 109 Å². The van der Waals surface area contributed by atoms with E-state index in [0.717, 1.165) is 18.1 Å². The summed E-state index contributed by atoms with van der Waals surface area (Å²) in [4.78, 5) is 31.3. The summed E-state index contributed by atoms with van der Waals surface area (Å²) < 4.78 is 0. The molecule has 1 atom stereocenters. The van der Waals surface area contributed by atoms with Crippen molar-refractivity contribution in [3.05, 3.63) is 35.4 Å². The SMILES string of the molecule is CC(=O)O.NCc1cccc(C2NC(=O)NC2=O)c1. The molecule has 1 aromatic rings. The molecule has 0 radical (unpaired) electrons. The second-order valence-electron chi connectivity index (χ2n) is 3.86. The minimum Gasteiger partial charge on any atom is -0.481 e. The van der Waals surface area contributed by atoms with Crippen LogP contribution >= 0.6 is 0 Å². The molecule has 102 valence electrons. The fourth-order valence-electron chi connectivity index (χ4n) is 1.55. The smallest absolute Gasteiger partial charge is 0.322 e. The van der Waals surface area contributed by atoms with E-state index >= 15 is 0 Å². The molecule has 19 heavy (non-hydrogen) atoms. The van der Waals surface area contributed by atoms with Gasteiger partial charge in [0, 0.05) is 13.5 Å². The molecular formula is C12H15N3O4. The van der Waals surface area contributed by atoms with E-state index in [1.165, 1.54) is 0 Å². The number of carbonyl (C=O) groups excluding carboxylic acids is 2. The number of amides is 3. The Kier molecular flexibility index (Phi) is 5.01. The summed E-state index contributed by atoms with van der Waals surface area (Å²) in [5.41, 5.74) is 7.17. The molecule has 0 saturated carbocycles. The lowest BCUT2D eigenvalue weighted by atomic mass is 10.0. The summed E-state index contributed by atoms with van der Waals surface area (Å²) >= 11 is 0. The van der Waals surface area contributed by atoms with E-state index in [1.807, 2.05) is 18.2 Å². The van der Waals surface area contributed by atoms with Crippen LogP contribution in [0.2, 0.25) is 0 Å². The third kappa shape index (κ3) is 4.40. The van der Waals surface area contributed by atoms with Crippen LogP contribution in [0.15, 0.2) is 24.3 Å². The van der Waals surface area contributed by atoms with Gasteiger partial charge >= 0.3 is 6.03 Å². The molecule has 5 N–H and O–H groups in total. The van der Waals surface area contributed by atoms with Crippen LogP contribution in [-0.2, 0) is 16.1 Å². The maximum atomic E-state index is 11.4. The van der Waals surface area contributed by atoms with Gasteiger partial charge in [-0.15, -0.1) is 0 Å². The number of carbonyl (C=O) groups is 3. The van der Waals surface area contributed by atoms with Gasteiger partial charge < -0.3 is 16.2 Å². The van der Waals surface area contributed by atoms with Crippen molar-refractivity contribution in [2.24, 2.45) is 5.73 Å². The molecular weight excluding hydrogens is 250 g/mol. The Bertz CT molecular complexity index is 498. The van der Waals surface area contributed by atoms with Crippen molar-refractivity contribution in [1.82, 2.24) is 10.6 Å². The monoisotopic (exact) mass is 265 g/mol. The maximum Gasteiger partial charge on any atom is 0.322 e. The molecule has 1 heterocycles. The maximum absolute atomic E-state index is 11.4. The second-order valence-corrected chi connectivity index (χ2v) is 3.86. The lowest BCUT2D eigenvalue weighted by Crippen LogP contribution is -2.22. The van der Waals surface area contributed by atoms with Gasteiger partial charge in [0.2, 0.25) is 0 Å². The first-order valence-corrected chi connectivity index (χ1v) is 5.54. The van der Waals surface area contributed by atoms with Gasteiger partial charge in [-0.05, 0) is 11.1 Å². The Morgan fingerprint density at radius 1 is 1.42 bits per heavy atom. The highest BCUT2D eigenvalue weighted by atomic mass is 16.4. The van der Waals surface area contributed by atoms with Gasteiger partial charge in [-0.1, -0.05) is 24.3 Å². The number of rotatable bonds is 2. The van der Waals surface area contributed by atoms with Gasteiger partial charge in [-0.3, -0.25) is 14.9 Å². The summed E-state index contributed by atoms with van der Waals surface area (Å²) in [7, 11) is 0. The fraction of sp³-hybridized carbons (Fsp3) is 0.250. The standard InChI is InChI=1S/C10H11N3O2.C2H4O2/c11-5-6-2-1-3-7(4-6)8-9(14)13-10(15)12-8;1-2(3)4/h1-4,8H,5,11H2,(H2,12,13,14,15);1H3,(H,3,4). The normalized spacial score (nSPS) is 17.1. The highest BCUT2D eigenvalue weighted by molar-refractivity contribution is 6.04. The van der Waals surface area contributed by atoms with Crippen LogP contribution in [0.3, 0.4) is 0 Å². The Morgan fingerprint density at radius 3 is 2.53 bits per heavy atom. The van der Waals surface area contributed by atoms with Crippen LogP contribution in [-0.4, -0.2) is 23.0 Å². The molecule has 0 aliphatic carbocycles. The molecule has 3 amide bonds. The van der Waals surface area contributed by atoms with Crippen LogP contribution in [0.4, 0.5) is 4.79 Å². The first-order chi connectivity index (χ1) is 8.93. The van der Waals surface area contributed by atoms with E-state index in [4.69, 9.17) is 15.6 Å². The van der Waals surface area contributed by atoms with Gasteiger partial charge in [-0.25, -0.2) is 4.79 Å². The van der Waals surface area contributed by atoms with E-state index in [9.17, 15) is 9.59 Å². The number of carboxylic acids is 1. The Balaban J connectivity index is 0.000000399. The van der Waals surface area contributed by atoms with E-state index < -0.39 is 18.0 Å². The van der Waals surface area contributed by atoms with E-state index in [0.29, 0.717) is 6.54 Å². The van der Waals surface area contributed by atoms with Gasteiger partial charge in [0.05, 0.1) is 0 Å². The zero-order chi connectivity index (χ0) is 14.4. The Hall–Kier alpha value is -2.41. The van der Waals surface area contributed by atoms with Crippen molar-refractivity contribution in [2.75, 3.05) is 0 Å². The number of benzene rings is 1. The van der Waals surface area contributed by atoms with Crippen molar-refractivity contribution in [1.29, 1.82) is 0 Å². The van der Waals surface area contributed by atoms with Crippen molar-refractivity contribution < 1.29 is 19.5 Å². The predicted octanol–water partition coefficient (Wildman–Crippen LogP) is 0.117. The molecule has 1 unspecified atom stereocenters. The zero-order valence-corrected chi connectivity index (χ0v) is 10.3. The number of urea groups is 1. The highest BCUT2D eigenvalue weighted by Crippen LogP contribution is 2.17. The van der Waals surface area contributed by atoms with Crippen LogP contribution in [0, 0.1) is 0 Å². The number of hydrogen-bond donors (Lipinski definition) is 4. The summed E-state index contributed by atoms with van der Waals surface area (Å²) in [6, 6.07) is 6.24. The minimum atomic E-state index is -0.833. The lowest BCUT2D eigenvalue weighted by molar-refractivity contribution is -0.134. The summed E-state index contributed by atoms with van der Waals surface area (Å²) in [6.45, 7) is 1.50. The lowest BCUT2D eigenvalue weighted by Gasteiger charge is -2.08. The van der Waals surface area contributed by atoms with E-state index in [2.05, 4.69) is 10.6 Å². The van der Waals surface area contributed by atoms with Gasteiger partial charge in [0.15, 0.2) is 0 Å². The van der Waals surface area contributed by atoms with Crippen LogP contribution in [0.25, 0.3) is 0 Å². The largest absolute Gasteiger partial charge is 0.481 e. The van der Waals surface area contributed by atoms with Crippen molar-refractivity contribution in [2.45, 2.75) is 19.5 Å². The number of carboxylic acid groups (broad SMARTS) is 1. The van der Waals surface area contributed by atoms with Crippen LogP contribution in [0.1, 0.15) is 24.1 Å². The quantitative estimate of drug-likeness (QED) is 0.566. The third-order valence-electron chi connectivity index (χ3n) is 2.29. The van der Waals surface area contributed by atoms with Crippen molar-refractivity contribution in [3.63, 3.8) is 0 Å². The first kappa shape index (κ1) is 14.7. The predicted molar refractivity (Wildman–Crippen MR) is 67.1 cm³/mol. The van der Waals surface area contributed by atoms with Crippen LogP contribution in [0.5, 0.6) is 0 Å². The van der Waals surface area contributed by atoms with Crippen LogP contribution < -0.4 is 16.4 Å². The topological polar surface area (TPSA) is 122 Å². The first-order valence-electron chi connectivity index (χ1n) is 5.54.